The fourth-order valence-corrected chi connectivity index (χ4v) is 4.68. The van der Waals surface area contributed by atoms with E-state index in [1.807, 2.05) is 35.2 Å². The smallest absolute Gasteiger partial charge is 0.230 e. The standard InChI is InChI=1S/C24H27FN2O2/c25-20-9-6-8-19(16-20)24(12-2-3-13-24)23(29)26-17-18-7-5-10-21(15-18)27-14-4-1-11-22(27)28/h5-10,15-16H,1-4,11-14,17H2,(H,26,29). The molecule has 1 N–H and O–H groups in total. The van der Waals surface area contributed by atoms with Crippen molar-refractivity contribution in [2.24, 2.45) is 0 Å². The van der Waals surface area contributed by atoms with Crippen LogP contribution in [0.2, 0.25) is 0 Å². The Hall–Kier alpha value is -2.69. The van der Waals surface area contributed by atoms with Gasteiger partial charge in [-0.05, 0) is 61.1 Å². The number of carbonyl (C=O) groups excluding carboxylic acids is 2. The molecule has 1 aliphatic heterocycles. The molecule has 0 aromatic heterocycles. The minimum atomic E-state index is -0.650. The Morgan fingerprint density at radius 2 is 1.83 bits per heavy atom. The van der Waals surface area contributed by atoms with Crippen LogP contribution in [0.4, 0.5) is 10.1 Å². The fourth-order valence-electron chi connectivity index (χ4n) is 4.68. The van der Waals surface area contributed by atoms with Gasteiger partial charge in [0, 0.05) is 25.2 Å². The van der Waals surface area contributed by atoms with Gasteiger partial charge in [0.2, 0.25) is 11.8 Å². The van der Waals surface area contributed by atoms with E-state index in [1.165, 1.54) is 12.1 Å². The summed E-state index contributed by atoms with van der Waals surface area (Å²) in [6.07, 6.45) is 5.98. The zero-order valence-corrected chi connectivity index (χ0v) is 16.6. The second-order valence-electron chi connectivity index (χ2n) is 8.15. The van der Waals surface area contributed by atoms with Gasteiger partial charge in [-0.25, -0.2) is 4.39 Å². The zero-order chi connectivity index (χ0) is 20.3. The van der Waals surface area contributed by atoms with E-state index < -0.39 is 5.41 Å². The molecule has 1 heterocycles. The molecule has 2 fully saturated rings. The van der Waals surface area contributed by atoms with Crippen LogP contribution in [0.15, 0.2) is 48.5 Å². The molecule has 0 radical (unpaired) electrons. The first-order valence-corrected chi connectivity index (χ1v) is 10.5. The number of hydrogen-bond donors (Lipinski definition) is 1. The van der Waals surface area contributed by atoms with E-state index in [4.69, 9.17) is 0 Å². The largest absolute Gasteiger partial charge is 0.351 e. The molecule has 0 spiro atoms. The summed E-state index contributed by atoms with van der Waals surface area (Å²) >= 11 is 0. The lowest BCUT2D eigenvalue weighted by molar-refractivity contribution is -0.126. The SMILES string of the molecule is O=C1CCCCN1c1cccc(CNC(=O)C2(c3cccc(F)c3)CCCC2)c1. The molecule has 152 valence electrons. The number of amides is 2. The van der Waals surface area contributed by atoms with Crippen LogP contribution in [0, 0.1) is 5.82 Å². The molecule has 0 unspecified atom stereocenters. The number of rotatable bonds is 5. The lowest BCUT2D eigenvalue weighted by atomic mass is 9.78. The van der Waals surface area contributed by atoms with Crippen molar-refractivity contribution in [2.75, 3.05) is 11.4 Å². The molecule has 4 nitrogen and oxygen atoms in total. The normalized spacial score (nSPS) is 18.7. The van der Waals surface area contributed by atoms with Crippen LogP contribution in [-0.2, 0) is 21.5 Å². The Balaban J connectivity index is 1.49. The summed E-state index contributed by atoms with van der Waals surface area (Å²) in [5.74, 6) is -0.186. The maximum absolute atomic E-state index is 13.8. The van der Waals surface area contributed by atoms with Gasteiger partial charge in [0.1, 0.15) is 5.82 Å². The van der Waals surface area contributed by atoms with E-state index in [0.29, 0.717) is 13.0 Å². The number of anilines is 1. The predicted octanol–water partition coefficient (Wildman–Crippen LogP) is 4.47. The molecule has 2 aliphatic rings. The van der Waals surface area contributed by atoms with Crippen molar-refractivity contribution in [2.45, 2.75) is 56.9 Å². The summed E-state index contributed by atoms with van der Waals surface area (Å²) in [5.41, 5.74) is 1.96. The monoisotopic (exact) mass is 394 g/mol. The van der Waals surface area contributed by atoms with Crippen molar-refractivity contribution in [1.29, 1.82) is 0 Å². The van der Waals surface area contributed by atoms with Crippen molar-refractivity contribution >= 4 is 17.5 Å². The number of carbonyl (C=O) groups is 2. The molecule has 2 amide bonds. The third-order valence-corrected chi connectivity index (χ3v) is 6.27. The van der Waals surface area contributed by atoms with Crippen LogP contribution in [-0.4, -0.2) is 18.4 Å². The van der Waals surface area contributed by atoms with Gasteiger partial charge < -0.3 is 10.2 Å². The molecule has 0 bridgehead atoms. The molecule has 1 aliphatic carbocycles. The number of piperidine rings is 1. The Kier molecular flexibility index (Phi) is 5.65. The topological polar surface area (TPSA) is 49.4 Å². The number of benzene rings is 2. The Bertz CT molecular complexity index is 905. The van der Waals surface area contributed by atoms with Crippen molar-refractivity contribution in [3.63, 3.8) is 0 Å². The van der Waals surface area contributed by atoms with Gasteiger partial charge in [0.25, 0.3) is 0 Å². The van der Waals surface area contributed by atoms with Crippen molar-refractivity contribution < 1.29 is 14.0 Å². The summed E-state index contributed by atoms with van der Waals surface area (Å²) in [4.78, 5) is 27.2. The second-order valence-corrected chi connectivity index (χ2v) is 8.15. The molecular formula is C24H27FN2O2. The van der Waals surface area contributed by atoms with Crippen LogP contribution >= 0.6 is 0 Å². The summed E-state index contributed by atoms with van der Waals surface area (Å²) < 4.78 is 13.8. The van der Waals surface area contributed by atoms with Crippen LogP contribution in [0.5, 0.6) is 0 Å². The number of hydrogen-bond acceptors (Lipinski definition) is 2. The molecule has 2 aromatic carbocycles. The highest BCUT2D eigenvalue weighted by Crippen LogP contribution is 2.41. The first-order chi connectivity index (χ1) is 14.1. The van der Waals surface area contributed by atoms with Gasteiger partial charge in [0.05, 0.1) is 5.41 Å². The van der Waals surface area contributed by atoms with E-state index in [9.17, 15) is 14.0 Å². The Morgan fingerprint density at radius 3 is 2.59 bits per heavy atom. The number of nitrogens with one attached hydrogen (secondary N) is 1. The van der Waals surface area contributed by atoms with E-state index in [-0.39, 0.29) is 17.6 Å². The molecule has 29 heavy (non-hydrogen) atoms. The highest BCUT2D eigenvalue weighted by atomic mass is 19.1. The molecule has 0 atom stereocenters. The quantitative estimate of drug-likeness (QED) is 0.813. The van der Waals surface area contributed by atoms with E-state index >= 15 is 0 Å². The molecular weight excluding hydrogens is 367 g/mol. The van der Waals surface area contributed by atoms with Crippen LogP contribution in [0.25, 0.3) is 0 Å². The van der Waals surface area contributed by atoms with Crippen LogP contribution in [0.3, 0.4) is 0 Å². The summed E-state index contributed by atoms with van der Waals surface area (Å²) in [6.45, 7) is 1.14. The average Bonchev–Trinajstić information content (AvgIpc) is 3.24. The minimum absolute atomic E-state index is 0.0416. The third-order valence-electron chi connectivity index (χ3n) is 6.27. The predicted molar refractivity (Wildman–Crippen MR) is 111 cm³/mol. The van der Waals surface area contributed by atoms with Gasteiger partial charge in [-0.15, -0.1) is 0 Å². The lowest BCUT2D eigenvalue weighted by Crippen LogP contribution is -2.42. The lowest BCUT2D eigenvalue weighted by Gasteiger charge is -2.29. The Morgan fingerprint density at radius 1 is 1.03 bits per heavy atom. The molecule has 1 saturated heterocycles. The van der Waals surface area contributed by atoms with Gasteiger partial charge >= 0.3 is 0 Å². The van der Waals surface area contributed by atoms with Crippen molar-refractivity contribution in [3.05, 3.63) is 65.5 Å². The van der Waals surface area contributed by atoms with Gasteiger partial charge in [-0.1, -0.05) is 37.1 Å². The van der Waals surface area contributed by atoms with Gasteiger partial charge in [-0.2, -0.15) is 0 Å². The maximum Gasteiger partial charge on any atom is 0.230 e. The van der Waals surface area contributed by atoms with Gasteiger partial charge in [0.15, 0.2) is 0 Å². The molecule has 4 rings (SSSR count). The summed E-state index contributed by atoms with van der Waals surface area (Å²) in [6, 6.07) is 14.3. The molecule has 2 aromatic rings. The summed E-state index contributed by atoms with van der Waals surface area (Å²) in [7, 11) is 0. The Labute approximate surface area is 171 Å². The van der Waals surface area contributed by atoms with Crippen LogP contribution < -0.4 is 10.2 Å². The fraction of sp³-hybridized carbons (Fsp3) is 0.417. The highest BCUT2D eigenvalue weighted by Gasteiger charge is 2.42. The van der Waals surface area contributed by atoms with Crippen molar-refractivity contribution in [3.8, 4) is 0 Å². The van der Waals surface area contributed by atoms with Crippen molar-refractivity contribution in [1.82, 2.24) is 5.32 Å². The first-order valence-electron chi connectivity index (χ1n) is 10.5. The number of nitrogens with zero attached hydrogens (tertiary/aromatic N) is 1. The van der Waals surface area contributed by atoms with E-state index in [1.54, 1.807) is 6.07 Å². The average molecular weight is 394 g/mol. The van der Waals surface area contributed by atoms with Gasteiger partial charge in [-0.3, -0.25) is 9.59 Å². The van der Waals surface area contributed by atoms with Crippen LogP contribution in [0.1, 0.15) is 56.1 Å². The molecule has 5 heteroatoms. The van der Waals surface area contributed by atoms with E-state index in [2.05, 4.69) is 5.32 Å². The highest BCUT2D eigenvalue weighted by molar-refractivity contribution is 5.94. The summed E-state index contributed by atoms with van der Waals surface area (Å²) in [5, 5.41) is 3.08. The zero-order valence-electron chi connectivity index (χ0n) is 16.6. The van der Waals surface area contributed by atoms with E-state index in [0.717, 1.165) is 61.9 Å². The third kappa shape index (κ3) is 4.04. The maximum atomic E-state index is 13.8. The second kappa shape index (κ2) is 8.36. The molecule has 1 saturated carbocycles. The minimum Gasteiger partial charge on any atom is -0.351 e. The number of halogens is 1. The first kappa shape index (κ1) is 19.6.